The summed E-state index contributed by atoms with van der Waals surface area (Å²) in [4.78, 5) is 28.3. The fraction of sp³-hybridized carbons (Fsp3) is 0.481. The van der Waals surface area contributed by atoms with Crippen molar-refractivity contribution in [3.8, 4) is 5.75 Å². The van der Waals surface area contributed by atoms with E-state index in [9.17, 15) is 9.59 Å². The zero-order chi connectivity index (χ0) is 23.6. The summed E-state index contributed by atoms with van der Waals surface area (Å²) in [6.07, 6.45) is 4.96. The van der Waals surface area contributed by atoms with Crippen LogP contribution in [-0.2, 0) is 21.9 Å². The minimum atomic E-state index is -0.472. The van der Waals surface area contributed by atoms with Crippen molar-refractivity contribution in [3.63, 3.8) is 0 Å². The summed E-state index contributed by atoms with van der Waals surface area (Å²) in [5, 5.41) is 3.20. The molecule has 1 aliphatic rings. The van der Waals surface area contributed by atoms with Gasteiger partial charge in [-0.2, -0.15) is 0 Å². The normalized spacial score (nSPS) is 14.6. The molecule has 1 aliphatic carbocycles. The number of carbonyl (C=O) groups is 2. The molecule has 0 aromatic heterocycles. The number of carbonyl (C=O) groups excluding carboxylic acids is 2. The zero-order valence-corrected chi connectivity index (χ0v) is 20.8. The molecule has 0 radical (unpaired) electrons. The Hall–Kier alpha value is -2.47. The fourth-order valence-electron chi connectivity index (χ4n) is 4.24. The largest absolute Gasteiger partial charge is 0.497 e. The Bertz CT molecular complexity index is 893. The van der Waals surface area contributed by atoms with Crippen LogP contribution in [0, 0.1) is 6.92 Å². The van der Waals surface area contributed by atoms with E-state index >= 15 is 0 Å². The number of ether oxygens (including phenoxy) is 1. The van der Waals surface area contributed by atoms with E-state index in [1.165, 1.54) is 11.1 Å². The standard InChI is InChI=1S/C27H36N2O3S/c1-4-25(27(31)28-23-7-5-6-8-23)29(17-21-13-15-24(32-3)16-14-21)26(30)19-33-18-22-11-9-20(2)10-12-22/h9-16,23,25H,4-8,17-19H2,1-3H3,(H,28,31). The molecule has 2 aromatic carbocycles. The van der Waals surface area contributed by atoms with Crippen molar-refractivity contribution < 1.29 is 14.3 Å². The van der Waals surface area contributed by atoms with Gasteiger partial charge in [-0.3, -0.25) is 9.59 Å². The van der Waals surface area contributed by atoms with Crippen molar-refractivity contribution in [1.82, 2.24) is 10.2 Å². The third-order valence-electron chi connectivity index (χ3n) is 6.21. The number of rotatable bonds is 11. The molecule has 178 valence electrons. The number of nitrogens with one attached hydrogen (secondary N) is 1. The highest BCUT2D eigenvalue weighted by molar-refractivity contribution is 7.99. The van der Waals surface area contributed by atoms with Crippen LogP contribution in [0.4, 0.5) is 0 Å². The highest BCUT2D eigenvalue weighted by atomic mass is 32.2. The predicted molar refractivity (Wildman–Crippen MR) is 135 cm³/mol. The van der Waals surface area contributed by atoms with Crippen LogP contribution in [-0.4, -0.2) is 41.7 Å². The highest BCUT2D eigenvalue weighted by Crippen LogP contribution is 2.21. The third kappa shape index (κ3) is 7.53. The fourth-order valence-corrected chi connectivity index (χ4v) is 5.11. The summed E-state index contributed by atoms with van der Waals surface area (Å²) < 4.78 is 5.26. The monoisotopic (exact) mass is 468 g/mol. The van der Waals surface area contributed by atoms with E-state index < -0.39 is 6.04 Å². The van der Waals surface area contributed by atoms with E-state index in [2.05, 4.69) is 36.5 Å². The molecule has 1 saturated carbocycles. The van der Waals surface area contributed by atoms with Crippen LogP contribution in [0.15, 0.2) is 48.5 Å². The van der Waals surface area contributed by atoms with Gasteiger partial charge in [0.05, 0.1) is 12.9 Å². The SMILES string of the molecule is CCC(C(=O)NC1CCCC1)N(Cc1ccc(OC)cc1)C(=O)CSCc1ccc(C)cc1. The molecule has 1 fully saturated rings. The van der Waals surface area contributed by atoms with Crippen molar-refractivity contribution in [1.29, 1.82) is 0 Å². The van der Waals surface area contributed by atoms with Crippen molar-refractivity contribution in [2.24, 2.45) is 0 Å². The minimum Gasteiger partial charge on any atom is -0.497 e. The first-order valence-electron chi connectivity index (χ1n) is 11.9. The van der Waals surface area contributed by atoms with E-state index in [1.54, 1.807) is 23.8 Å². The molecular formula is C27H36N2O3S. The maximum atomic E-state index is 13.4. The summed E-state index contributed by atoms with van der Waals surface area (Å²) in [5.74, 6) is 1.85. The number of aryl methyl sites for hydroxylation is 1. The number of hydrogen-bond donors (Lipinski definition) is 1. The van der Waals surface area contributed by atoms with Crippen LogP contribution < -0.4 is 10.1 Å². The van der Waals surface area contributed by atoms with Crippen LogP contribution in [0.2, 0.25) is 0 Å². The molecule has 0 spiro atoms. The van der Waals surface area contributed by atoms with Gasteiger partial charge in [-0.15, -0.1) is 11.8 Å². The number of nitrogens with zero attached hydrogens (tertiary/aromatic N) is 1. The first kappa shape index (κ1) is 25.2. The Labute approximate surface area is 202 Å². The molecule has 2 aromatic rings. The molecule has 0 bridgehead atoms. The molecule has 6 heteroatoms. The van der Waals surface area contributed by atoms with Crippen LogP contribution in [0.5, 0.6) is 5.75 Å². The Morgan fingerprint density at radius 3 is 2.30 bits per heavy atom. The second kappa shape index (κ2) is 12.7. The van der Waals surface area contributed by atoms with Crippen LogP contribution in [0.25, 0.3) is 0 Å². The molecule has 2 amide bonds. The number of amides is 2. The van der Waals surface area contributed by atoms with Crippen LogP contribution >= 0.6 is 11.8 Å². The van der Waals surface area contributed by atoms with Gasteiger partial charge in [0, 0.05) is 18.3 Å². The van der Waals surface area contributed by atoms with Crippen molar-refractivity contribution >= 4 is 23.6 Å². The molecule has 1 unspecified atom stereocenters. The first-order valence-corrected chi connectivity index (χ1v) is 13.0. The van der Waals surface area contributed by atoms with Gasteiger partial charge in [0.2, 0.25) is 11.8 Å². The van der Waals surface area contributed by atoms with Crippen molar-refractivity contribution in [2.45, 2.75) is 70.3 Å². The lowest BCUT2D eigenvalue weighted by atomic mass is 10.1. The van der Waals surface area contributed by atoms with Crippen LogP contribution in [0.3, 0.4) is 0 Å². The number of benzene rings is 2. The number of thioether (sulfide) groups is 1. The Kier molecular flexibility index (Phi) is 9.67. The summed E-state index contributed by atoms with van der Waals surface area (Å²) in [6.45, 7) is 4.45. The van der Waals surface area contributed by atoms with Gasteiger partial charge in [0.25, 0.3) is 0 Å². The lowest BCUT2D eigenvalue weighted by Crippen LogP contribution is -2.51. The molecule has 5 nitrogen and oxygen atoms in total. The van der Waals surface area contributed by atoms with E-state index in [1.807, 2.05) is 31.2 Å². The molecule has 0 saturated heterocycles. The molecular weight excluding hydrogens is 432 g/mol. The van der Waals surface area contributed by atoms with Gasteiger partial charge in [0.1, 0.15) is 11.8 Å². The van der Waals surface area contributed by atoms with Gasteiger partial charge in [-0.25, -0.2) is 0 Å². The summed E-state index contributed by atoms with van der Waals surface area (Å²) in [6, 6.07) is 15.9. The Morgan fingerprint density at radius 2 is 1.70 bits per heavy atom. The molecule has 0 heterocycles. The van der Waals surface area contributed by atoms with Crippen molar-refractivity contribution in [3.05, 3.63) is 65.2 Å². The smallest absolute Gasteiger partial charge is 0.243 e. The predicted octanol–water partition coefficient (Wildman–Crippen LogP) is 5.10. The lowest BCUT2D eigenvalue weighted by Gasteiger charge is -2.31. The molecule has 1 atom stereocenters. The maximum Gasteiger partial charge on any atom is 0.243 e. The van der Waals surface area contributed by atoms with Crippen LogP contribution in [0.1, 0.15) is 55.7 Å². The molecule has 3 rings (SSSR count). The summed E-state index contributed by atoms with van der Waals surface area (Å²) >= 11 is 1.59. The minimum absolute atomic E-state index is 0.00338. The Balaban J connectivity index is 1.69. The van der Waals surface area contributed by atoms with Gasteiger partial charge in [-0.05, 0) is 49.4 Å². The van der Waals surface area contributed by atoms with E-state index in [-0.39, 0.29) is 17.9 Å². The topological polar surface area (TPSA) is 58.6 Å². The maximum absolute atomic E-state index is 13.4. The van der Waals surface area contributed by atoms with E-state index in [0.29, 0.717) is 18.7 Å². The average Bonchev–Trinajstić information content (AvgIpc) is 3.33. The quantitative estimate of drug-likeness (QED) is 0.498. The third-order valence-corrected chi connectivity index (χ3v) is 7.20. The molecule has 33 heavy (non-hydrogen) atoms. The average molecular weight is 469 g/mol. The lowest BCUT2D eigenvalue weighted by molar-refractivity contribution is -0.139. The Morgan fingerprint density at radius 1 is 1.06 bits per heavy atom. The second-order valence-electron chi connectivity index (χ2n) is 8.76. The van der Waals surface area contributed by atoms with Gasteiger partial charge in [0.15, 0.2) is 0 Å². The van der Waals surface area contributed by atoms with Gasteiger partial charge < -0.3 is 15.0 Å². The number of hydrogen-bond acceptors (Lipinski definition) is 4. The van der Waals surface area contributed by atoms with E-state index in [4.69, 9.17) is 4.74 Å². The highest BCUT2D eigenvalue weighted by Gasteiger charge is 2.30. The summed E-state index contributed by atoms with van der Waals surface area (Å²) in [7, 11) is 1.64. The zero-order valence-electron chi connectivity index (χ0n) is 20.0. The summed E-state index contributed by atoms with van der Waals surface area (Å²) in [5.41, 5.74) is 3.41. The van der Waals surface area contributed by atoms with Crippen molar-refractivity contribution in [2.75, 3.05) is 12.9 Å². The first-order chi connectivity index (χ1) is 16.0. The van der Waals surface area contributed by atoms with Gasteiger partial charge in [-0.1, -0.05) is 61.7 Å². The molecule has 1 N–H and O–H groups in total. The molecule has 0 aliphatic heterocycles. The number of methoxy groups -OCH3 is 1. The van der Waals surface area contributed by atoms with E-state index in [0.717, 1.165) is 42.7 Å². The second-order valence-corrected chi connectivity index (χ2v) is 9.75. The van der Waals surface area contributed by atoms with Gasteiger partial charge >= 0.3 is 0 Å².